The van der Waals surface area contributed by atoms with Crippen LogP contribution in [0.1, 0.15) is 41.7 Å². The minimum atomic E-state index is -4.14. The van der Waals surface area contributed by atoms with Crippen LogP contribution in [-0.2, 0) is 32.6 Å². The molecule has 45 heavy (non-hydrogen) atoms. The van der Waals surface area contributed by atoms with Crippen LogP contribution in [-0.4, -0.2) is 44.3 Å². The van der Waals surface area contributed by atoms with Gasteiger partial charge in [-0.15, -0.1) is 0 Å². The minimum absolute atomic E-state index is 0.0873. The molecular weight excluding hydrogens is 582 g/mol. The number of benzene rings is 4. The van der Waals surface area contributed by atoms with Crippen molar-refractivity contribution in [3.8, 4) is 0 Å². The third-order valence-electron chi connectivity index (χ3n) is 7.82. The van der Waals surface area contributed by atoms with Gasteiger partial charge in [0.15, 0.2) is 0 Å². The maximum Gasteiger partial charge on any atom is 0.264 e. The first-order chi connectivity index (χ1) is 21.5. The van der Waals surface area contributed by atoms with Gasteiger partial charge in [-0.2, -0.15) is 0 Å². The molecular formula is C37H43N3O4S. The number of hydrogen-bond donors (Lipinski definition) is 1. The highest BCUT2D eigenvalue weighted by molar-refractivity contribution is 7.92. The van der Waals surface area contributed by atoms with Crippen molar-refractivity contribution in [1.82, 2.24) is 10.2 Å². The van der Waals surface area contributed by atoms with E-state index < -0.39 is 28.5 Å². The summed E-state index contributed by atoms with van der Waals surface area (Å²) in [7, 11) is -4.14. The molecule has 1 atom stereocenters. The van der Waals surface area contributed by atoms with E-state index in [0.29, 0.717) is 12.2 Å². The summed E-state index contributed by atoms with van der Waals surface area (Å²) in [4.78, 5) is 30.0. The van der Waals surface area contributed by atoms with Gasteiger partial charge in [-0.05, 0) is 73.2 Å². The fourth-order valence-corrected chi connectivity index (χ4v) is 6.41. The van der Waals surface area contributed by atoms with Crippen LogP contribution >= 0.6 is 0 Å². The predicted octanol–water partition coefficient (Wildman–Crippen LogP) is 6.22. The fraction of sp³-hybridized carbons (Fsp3) is 0.297. The number of aryl methyl sites for hydroxylation is 3. The Balaban J connectivity index is 1.80. The number of nitrogens with zero attached hydrogens (tertiary/aromatic N) is 2. The van der Waals surface area contributed by atoms with E-state index in [1.54, 1.807) is 36.4 Å². The van der Waals surface area contributed by atoms with Crippen LogP contribution < -0.4 is 9.62 Å². The van der Waals surface area contributed by atoms with Crippen molar-refractivity contribution in [3.05, 3.63) is 131 Å². The van der Waals surface area contributed by atoms with Gasteiger partial charge in [0.1, 0.15) is 12.6 Å². The Hall–Kier alpha value is -4.43. The van der Waals surface area contributed by atoms with E-state index in [9.17, 15) is 18.0 Å². The molecule has 0 aliphatic rings. The van der Waals surface area contributed by atoms with Crippen LogP contribution in [0.15, 0.2) is 108 Å². The summed E-state index contributed by atoms with van der Waals surface area (Å²) in [6.45, 7) is 9.88. The zero-order valence-corrected chi connectivity index (χ0v) is 27.6. The molecule has 0 unspecified atom stereocenters. The minimum Gasteiger partial charge on any atom is -0.354 e. The number of anilines is 1. The summed E-state index contributed by atoms with van der Waals surface area (Å²) in [5.41, 5.74) is 4.95. The SMILES string of the molecule is Cc1ccc(S(=O)(=O)N(CC(=O)N(Cc2ccccc2)[C@@H](Cc2ccccc2)C(=O)NCC(C)C)c2ccc(C)c(C)c2)cc1. The van der Waals surface area contributed by atoms with E-state index in [2.05, 4.69) is 5.32 Å². The maximum atomic E-state index is 14.5. The molecule has 236 valence electrons. The molecule has 0 saturated heterocycles. The zero-order valence-electron chi connectivity index (χ0n) is 26.7. The molecule has 0 bridgehead atoms. The van der Waals surface area contributed by atoms with Gasteiger partial charge in [-0.25, -0.2) is 8.42 Å². The summed E-state index contributed by atoms with van der Waals surface area (Å²) < 4.78 is 29.6. The Morgan fingerprint density at radius 3 is 1.93 bits per heavy atom. The van der Waals surface area contributed by atoms with Gasteiger partial charge < -0.3 is 10.2 Å². The number of amides is 2. The highest BCUT2D eigenvalue weighted by Gasteiger charge is 2.34. The van der Waals surface area contributed by atoms with Gasteiger partial charge >= 0.3 is 0 Å². The third-order valence-corrected chi connectivity index (χ3v) is 9.61. The van der Waals surface area contributed by atoms with Crippen molar-refractivity contribution >= 4 is 27.5 Å². The van der Waals surface area contributed by atoms with Gasteiger partial charge in [-0.1, -0.05) is 98.3 Å². The van der Waals surface area contributed by atoms with E-state index >= 15 is 0 Å². The first-order valence-corrected chi connectivity index (χ1v) is 16.7. The summed E-state index contributed by atoms with van der Waals surface area (Å²) in [5, 5.41) is 3.02. The molecule has 4 aromatic rings. The van der Waals surface area contributed by atoms with Gasteiger partial charge in [0, 0.05) is 19.5 Å². The largest absolute Gasteiger partial charge is 0.354 e. The Morgan fingerprint density at radius 1 is 0.756 bits per heavy atom. The second-order valence-corrected chi connectivity index (χ2v) is 13.8. The summed E-state index contributed by atoms with van der Waals surface area (Å²) >= 11 is 0. The highest BCUT2D eigenvalue weighted by Crippen LogP contribution is 2.27. The Morgan fingerprint density at radius 2 is 1.36 bits per heavy atom. The molecule has 7 nitrogen and oxygen atoms in total. The summed E-state index contributed by atoms with van der Waals surface area (Å²) in [5.74, 6) is -0.547. The molecule has 0 aromatic heterocycles. The number of sulfonamides is 1. The molecule has 0 spiro atoms. The van der Waals surface area contributed by atoms with Crippen molar-refractivity contribution in [3.63, 3.8) is 0 Å². The first kappa shape index (κ1) is 33.5. The van der Waals surface area contributed by atoms with Gasteiger partial charge in [0.2, 0.25) is 11.8 Å². The van der Waals surface area contributed by atoms with E-state index in [-0.39, 0.29) is 29.7 Å². The van der Waals surface area contributed by atoms with Crippen molar-refractivity contribution in [2.45, 2.75) is 58.5 Å². The van der Waals surface area contributed by atoms with Gasteiger partial charge in [-0.3, -0.25) is 13.9 Å². The highest BCUT2D eigenvalue weighted by atomic mass is 32.2. The van der Waals surface area contributed by atoms with E-state index in [1.165, 1.54) is 4.90 Å². The number of hydrogen-bond acceptors (Lipinski definition) is 4. The fourth-order valence-electron chi connectivity index (χ4n) is 5.00. The number of carbonyl (C=O) groups is 2. The number of rotatable bonds is 13. The van der Waals surface area contributed by atoms with Gasteiger partial charge in [0.25, 0.3) is 10.0 Å². The lowest BCUT2D eigenvalue weighted by molar-refractivity contribution is -0.140. The molecule has 8 heteroatoms. The van der Waals surface area contributed by atoms with Gasteiger partial charge in [0.05, 0.1) is 10.6 Å². The normalized spacial score (nSPS) is 12.0. The van der Waals surface area contributed by atoms with Crippen LogP contribution in [0.2, 0.25) is 0 Å². The lowest BCUT2D eigenvalue weighted by Gasteiger charge is -2.34. The van der Waals surface area contributed by atoms with E-state index in [1.807, 2.05) is 101 Å². The van der Waals surface area contributed by atoms with Crippen LogP contribution in [0.25, 0.3) is 0 Å². The zero-order chi connectivity index (χ0) is 32.6. The smallest absolute Gasteiger partial charge is 0.264 e. The standard InChI is InChI=1S/C37H43N3O4S/c1-27(2)24-38-37(42)35(23-31-12-8-6-9-13-31)39(25-32-14-10-7-11-15-32)36(41)26-40(33-19-18-29(4)30(5)22-33)45(43,44)34-20-16-28(3)17-21-34/h6-22,27,35H,23-26H2,1-5H3,(H,38,42)/t35-/m0/s1. The van der Waals surface area contributed by atoms with Crippen LogP contribution in [0, 0.1) is 26.7 Å². The monoisotopic (exact) mass is 625 g/mol. The van der Waals surface area contributed by atoms with Crippen molar-refractivity contribution in [1.29, 1.82) is 0 Å². The average molecular weight is 626 g/mol. The molecule has 0 saturated carbocycles. The van der Waals surface area contributed by atoms with Crippen LogP contribution in [0.4, 0.5) is 5.69 Å². The van der Waals surface area contributed by atoms with Crippen molar-refractivity contribution < 1.29 is 18.0 Å². The molecule has 2 amide bonds. The first-order valence-electron chi connectivity index (χ1n) is 15.3. The van der Waals surface area contributed by atoms with E-state index in [0.717, 1.165) is 32.1 Å². The molecule has 1 N–H and O–H groups in total. The molecule has 0 aliphatic heterocycles. The lowest BCUT2D eigenvalue weighted by atomic mass is 10.0. The Labute approximate surface area is 268 Å². The predicted molar refractivity (Wildman–Crippen MR) is 180 cm³/mol. The maximum absolute atomic E-state index is 14.5. The van der Waals surface area contributed by atoms with Crippen LogP contribution in [0.5, 0.6) is 0 Å². The quantitative estimate of drug-likeness (QED) is 0.191. The number of nitrogens with one attached hydrogen (secondary N) is 1. The van der Waals surface area contributed by atoms with Crippen molar-refractivity contribution in [2.24, 2.45) is 5.92 Å². The molecule has 4 rings (SSSR count). The Kier molecular flexibility index (Phi) is 11.2. The Bertz CT molecular complexity index is 1690. The van der Waals surface area contributed by atoms with Crippen LogP contribution in [0.3, 0.4) is 0 Å². The second-order valence-electron chi connectivity index (χ2n) is 11.9. The van der Waals surface area contributed by atoms with Crippen molar-refractivity contribution in [2.75, 3.05) is 17.4 Å². The molecule has 0 fully saturated rings. The average Bonchev–Trinajstić information content (AvgIpc) is 3.02. The summed E-state index contributed by atoms with van der Waals surface area (Å²) in [6.07, 6.45) is 0.275. The molecule has 0 radical (unpaired) electrons. The van der Waals surface area contributed by atoms with E-state index in [4.69, 9.17) is 0 Å². The second kappa shape index (κ2) is 15.0. The molecule has 0 heterocycles. The third kappa shape index (κ3) is 8.82. The number of carbonyl (C=O) groups excluding carboxylic acids is 2. The molecule has 0 aliphatic carbocycles. The summed E-state index contributed by atoms with van der Waals surface area (Å²) in [6, 6.07) is 30.1. The topological polar surface area (TPSA) is 86.8 Å². The lowest BCUT2D eigenvalue weighted by Crippen LogP contribution is -2.53. The molecule has 4 aromatic carbocycles.